The Balaban J connectivity index is 1.94. The molecule has 0 atom stereocenters. The number of nitro groups is 1. The molecule has 0 bridgehead atoms. The van der Waals surface area contributed by atoms with Crippen LogP contribution in [-0.2, 0) is 6.18 Å². The Labute approximate surface area is 152 Å². The first kappa shape index (κ1) is 18.7. The maximum absolute atomic E-state index is 13.1. The zero-order chi connectivity index (χ0) is 19.6. The molecular weight excluding hydrogens is 363 g/mol. The normalized spacial score (nSPS) is 14.3. The van der Waals surface area contributed by atoms with E-state index in [-0.39, 0.29) is 16.9 Å². The third-order valence-corrected chi connectivity index (χ3v) is 4.34. The number of halogens is 3. The van der Waals surface area contributed by atoms with Gasteiger partial charge in [-0.15, -0.1) is 0 Å². The van der Waals surface area contributed by atoms with Gasteiger partial charge in [-0.3, -0.25) is 14.9 Å². The molecule has 1 saturated heterocycles. The van der Waals surface area contributed by atoms with Gasteiger partial charge in [-0.1, -0.05) is 6.07 Å². The van der Waals surface area contributed by atoms with Crippen LogP contribution in [0.3, 0.4) is 0 Å². The highest BCUT2D eigenvalue weighted by atomic mass is 19.4. The van der Waals surface area contributed by atoms with E-state index < -0.39 is 22.6 Å². The minimum absolute atomic E-state index is 0.00557. The van der Waals surface area contributed by atoms with Gasteiger partial charge in [-0.2, -0.15) is 13.2 Å². The zero-order valence-electron chi connectivity index (χ0n) is 14.1. The van der Waals surface area contributed by atoms with E-state index in [0.29, 0.717) is 18.8 Å². The van der Waals surface area contributed by atoms with E-state index >= 15 is 0 Å². The lowest BCUT2D eigenvalue weighted by Gasteiger charge is -2.23. The number of carbonyl (C=O) groups is 1. The summed E-state index contributed by atoms with van der Waals surface area (Å²) in [5.74, 6) is -0.710. The number of rotatable bonds is 4. The molecule has 1 fully saturated rings. The molecule has 9 heteroatoms. The van der Waals surface area contributed by atoms with E-state index in [1.54, 1.807) is 0 Å². The Morgan fingerprint density at radius 3 is 2.44 bits per heavy atom. The predicted octanol–water partition coefficient (Wildman–Crippen LogP) is 4.47. The van der Waals surface area contributed by atoms with Crippen LogP contribution in [0.25, 0.3) is 0 Å². The summed E-state index contributed by atoms with van der Waals surface area (Å²) in [4.78, 5) is 24.6. The molecule has 2 aromatic carbocycles. The van der Waals surface area contributed by atoms with Crippen LogP contribution in [0.4, 0.5) is 30.2 Å². The maximum Gasteiger partial charge on any atom is 0.416 e. The summed E-state index contributed by atoms with van der Waals surface area (Å²) in [6.45, 7) is 1.37. The number of alkyl halides is 3. The van der Waals surface area contributed by atoms with Crippen molar-refractivity contribution in [1.82, 2.24) is 0 Å². The van der Waals surface area contributed by atoms with Crippen molar-refractivity contribution < 1.29 is 22.9 Å². The highest BCUT2D eigenvalue weighted by molar-refractivity contribution is 6.06. The van der Waals surface area contributed by atoms with Crippen LogP contribution in [-0.4, -0.2) is 23.9 Å². The number of nitro benzene ring substituents is 1. The summed E-state index contributed by atoms with van der Waals surface area (Å²) in [6, 6.07) is 8.25. The Morgan fingerprint density at radius 1 is 1.11 bits per heavy atom. The standard InChI is InChI=1S/C18H16F3N3O3/c19-18(20,21)13-6-7-16(23-8-1-2-9-23)15(11-13)22-17(25)12-4-3-5-14(10-12)24(26)27/h3-7,10-11H,1-2,8-9H2,(H,22,25). The van der Waals surface area contributed by atoms with E-state index in [2.05, 4.69) is 5.32 Å². The molecule has 0 aromatic heterocycles. The first-order valence-corrected chi connectivity index (χ1v) is 8.28. The number of hydrogen-bond donors (Lipinski definition) is 1. The van der Waals surface area contributed by atoms with Gasteiger partial charge in [0.25, 0.3) is 11.6 Å². The van der Waals surface area contributed by atoms with Crippen molar-refractivity contribution in [2.45, 2.75) is 19.0 Å². The average molecular weight is 379 g/mol. The number of benzene rings is 2. The minimum Gasteiger partial charge on any atom is -0.370 e. The van der Waals surface area contributed by atoms with Gasteiger partial charge < -0.3 is 10.2 Å². The third-order valence-electron chi connectivity index (χ3n) is 4.34. The van der Waals surface area contributed by atoms with Crippen molar-refractivity contribution in [3.63, 3.8) is 0 Å². The zero-order valence-corrected chi connectivity index (χ0v) is 14.1. The highest BCUT2D eigenvalue weighted by Crippen LogP contribution is 2.36. The molecule has 1 aliphatic heterocycles. The summed E-state index contributed by atoms with van der Waals surface area (Å²) in [7, 11) is 0. The molecule has 0 saturated carbocycles. The number of nitrogens with zero attached hydrogens (tertiary/aromatic N) is 2. The summed E-state index contributed by atoms with van der Waals surface area (Å²) < 4.78 is 39.2. The third kappa shape index (κ3) is 4.18. The number of hydrogen-bond acceptors (Lipinski definition) is 4. The van der Waals surface area contributed by atoms with Gasteiger partial charge in [0.15, 0.2) is 0 Å². The average Bonchev–Trinajstić information content (AvgIpc) is 3.15. The molecule has 1 heterocycles. The van der Waals surface area contributed by atoms with Crippen molar-refractivity contribution in [2.75, 3.05) is 23.3 Å². The van der Waals surface area contributed by atoms with Crippen LogP contribution >= 0.6 is 0 Å². The second-order valence-electron chi connectivity index (χ2n) is 6.19. The van der Waals surface area contributed by atoms with Crippen molar-refractivity contribution in [3.8, 4) is 0 Å². The maximum atomic E-state index is 13.1. The van der Waals surface area contributed by atoms with Crippen LogP contribution < -0.4 is 10.2 Å². The molecule has 27 heavy (non-hydrogen) atoms. The van der Waals surface area contributed by atoms with E-state index in [1.807, 2.05) is 4.90 Å². The molecule has 2 aromatic rings. The van der Waals surface area contributed by atoms with Crippen molar-refractivity contribution >= 4 is 23.0 Å². The highest BCUT2D eigenvalue weighted by Gasteiger charge is 2.32. The van der Waals surface area contributed by atoms with Gasteiger partial charge in [-0.05, 0) is 37.1 Å². The topological polar surface area (TPSA) is 75.5 Å². The minimum atomic E-state index is -4.55. The first-order valence-electron chi connectivity index (χ1n) is 8.28. The Morgan fingerprint density at radius 2 is 1.81 bits per heavy atom. The van der Waals surface area contributed by atoms with E-state index in [4.69, 9.17) is 0 Å². The molecule has 1 amide bonds. The Bertz CT molecular complexity index is 878. The van der Waals surface area contributed by atoms with E-state index in [1.165, 1.54) is 24.3 Å². The van der Waals surface area contributed by atoms with Gasteiger partial charge >= 0.3 is 6.18 Å². The molecule has 1 N–H and O–H groups in total. The number of nitrogens with one attached hydrogen (secondary N) is 1. The largest absolute Gasteiger partial charge is 0.416 e. The molecule has 0 spiro atoms. The summed E-state index contributed by atoms with van der Waals surface area (Å²) in [5, 5.41) is 13.3. The number of carbonyl (C=O) groups excluding carboxylic acids is 1. The van der Waals surface area contributed by atoms with Crippen LogP contribution in [0.15, 0.2) is 42.5 Å². The number of anilines is 2. The van der Waals surface area contributed by atoms with Gasteiger partial charge in [0.2, 0.25) is 0 Å². The number of non-ortho nitro benzene ring substituents is 1. The molecule has 0 unspecified atom stereocenters. The van der Waals surface area contributed by atoms with Gasteiger partial charge in [0.05, 0.1) is 21.9 Å². The molecule has 0 radical (unpaired) electrons. The fraction of sp³-hybridized carbons (Fsp3) is 0.278. The van der Waals surface area contributed by atoms with E-state index in [9.17, 15) is 28.1 Å². The Kier molecular flexibility index (Phi) is 5.02. The van der Waals surface area contributed by atoms with E-state index in [0.717, 1.165) is 31.0 Å². The lowest BCUT2D eigenvalue weighted by Crippen LogP contribution is -2.22. The fourth-order valence-corrected chi connectivity index (χ4v) is 3.00. The predicted molar refractivity (Wildman–Crippen MR) is 93.9 cm³/mol. The summed E-state index contributed by atoms with van der Waals surface area (Å²) >= 11 is 0. The summed E-state index contributed by atoms with van der Waals surface area (Å²) in [6.07, 6.45) is -2.72. The van der Waals surface area contributed by atoms with Crippen LogP contribution in [0.1, 0.15) is 28.8 Å². The second-order valence-corrected chi connectivity index (χ2v) is 6.19. The smallest absolute Gasteiger partial charge is 0.370 e. The van der Waals surface area contributed by atoms with Crippen molar-refractivity contribution in [1.29, 1.82) is 0 Å². The molecule has 142 valence electrons. The van der Waals surface area contributed by atoms with Gasteiger partial charge in [0, 0.05) is 30.8 Å². The first-order chi connectivity index (χ1) is 12.8. The molecule has 6 nitrogen and oxygen atoms in total. The molecule has 0 aliphatic carbocycles. The monoisotopic (exact) mass is 379 g/mol. The SMILES string of the molecule is O=C(Nc1cc(C(F)(F)F)ccc1N1CCCC1)c1cccc([N+](=O)[O-])c1. The van der Waals surface area contributed by atoms with Gasteiger partial charge in [-0.25, -0.2) is 0 Å². The fourth-order valence-electron chi connectivity index (χ4n) is 3.00. The van der Waals surface area contributed by atoms with Crippen molar-refractivity contribution in [3.05, 3.63) is 63.7 Å². The molecular formula is C18H16F3N3O3. The quantitative estimate of drug-likeness (QED) is 0.628. The van der Waals surface area contributed by atoms with Gasteiger partial charge in [0.1, 0.15) is 0 Å². The lowest BCUT2D eigenvalue weighted by atomic mass is 10.1. The van der Waals surface area contributed by atoms with Crippen LogP contribution in [0.5, 0.6) is 0 Å². The van der Waals surface area contributed by atoms with Crippen LogP contribution in [0, 0.1) is 10.1 Å². The lowest BCUT2D eigenvalue weighted by molar-refractivity contribution is -0.384. The van der Waals surface area contributed by atoms with Crippen LogP contribution in [0.2, 0.25) is 0 Å². The molecule has 1 aliphatic rings. The second kappa shape index (κ2) is 7.26. The van der Waals surface area contributed by atoms with Crippen molar-refractivity contribution in [2.24, 2.45) is 0 Å². The Hall–Kier alpha value is -3.10. The summed E-state index contributed by atoms with van der Waals surface area (Å²) in [5.41, 5.74) is -0.622. The molecule has 3 rings (SSSR count). The number of amides is 1.